The standard InChI is InChI=1S/C17H19N3O3/c21-15(22)9-5-2-6-10-19-17(23)14-11-18-12-20-16(14)13-7-3-1-4-8-13/h1,3-4,7-8,11-12H,2,5-6,9-10H2,(H,19,23)(H,21,22). The van der Waals surface area contributed by atoms with Crippen LogP contribution >= 0.6 is 0 Å². The van der Waals surface area contributed by atoms with Gasteiger partial charge in [-0.15, -0.1) is 0 Å². The van der Waals surface area contributed by atoms with E-state index >= 15 is 0 Å². The SMILES string of the molecule is O=C(O)CCCCCNC(=O)c1cncnc1-c1ccccc1. The van der Waals surface area contributed by atoms with E-state index in [2.05, 4.69) is 15.3 Å². The molecule has 23 heavy (non-hydrogen) atoms. The molecule has 0 saturated heterocycles. The van der Waals surface area contributed by atoms with Crippen molar-refractivity contribution in [3.8, 4) is 11.3 Å². The molecule has 0 spiro atoms. The van der Waals surface area contributed by atoms with Crippen molar-refractivity contribution >= 4 is 11.9 Å². The van der Waals surface area contributed by atoms with Crippen molar-refractivity contribution in [3.05, 3.63) is 48.4 Å². The maximum Gasteiger partial charge on any atom is 0.303 e. The van der Waals surface area contributed by atoms with Crippen LogP contribution < -0.4 is 5.32 Å². The average molecular weight is 313 g/mol. The predicted octanol–water partition coefficient (Wildman–Crippen LogP) is 2.52. The maximum atomic E-state index is 12.3. The quantitative estimate of drug-likeness (QED) is 0.731. The van der Waals surface area contributed by atoms with Crippen molar-refractivity contribution in [2.45, 2.75) is 25.7 Å². The summed E-state index contributed by atoms with van der Waals surface area (Å²) in [6.45, 7) is 0.502. The molecule has 2 rings (SSSR count). The Morgan fingerprint density at radius 2 is 1.87 bits per heavy atom. The maximum absolute atomic E-state index is 12.3. The van der Waals surface area contributed by atoms with Gasteiger partial charge >= 0.3 is 5.97 Å². The second-order valence-electron chi connectivity index (χ2n) is 5.11. The number of carboxylic acid groups (broad SMARTS) is 1. The lowest BCUT2D eigenvalue weighted by molar-refractivity contribution is -0.137. The Bertz CT molecular complexity index is 659. The summed E-state index contributed by atoms with van der Waals surface area (Å²) in [6.07, 6.45) is 5.23. The van der Waals surface area contributed by atoms with Crippen molar-refractivity contribution in [2.24, 2.45) is 0 Å². The molecule has 0 saturated carbocycles. The van der Waals surface area contributed by atoms with Crippen LogP contribution in [0.5, 0.6) is 0 Å². The van der Waals surface area contributed by atoms with E-state index in [0.29, 0.717) is 24.2 Å². The molecule has 1 heterocycles. The van der Waals surface area contributed by atoms with Crippen molar-refractivity contribution in [1.29, 1.82) is 0 Å². The third-order valence-corrected chi connectivity index (χ3v) is 3.36. The molecule has 0 fully saturated rings. The van der Waals surface area contributed by atoms with E-state index in [9.17, 15) is 9.59 Å². The Kier molecular flexibility index (Phi) is 6.23. The zero-order valence-corrected chi connectivity index (χ0v) is 12.7. The highest BCUT2D eigenvalue weighted by atomic mass is 16.4. The van der Waals surface area contributed by atoms with Gasteiger partial charge in [0.25, 0.3) is 5.91 Å². The number of hydrogen-bond acceptors (Lipinski definition) is 4. The molecule has 0 radical (unpaired) electrons. The number of carbonyl (C=O) groups is 2. The molecule has 0 atom stereocenters. The molecular weight excluding hydrogens is 294 g/mol. The van der Waals surface area contributed by atoms with Gasteiger partial charge in [0.1, 0.15) is 6.33 Å². The first kappa shape index (κ1) is 16.6. The molecule has 120 valence electrons. The third kappa shape index (κ3) is 5.18. The minimum atomic E-state index is -0.789. The summed E-state index contributed by atoms with van der Waals surface area (Å²) in [5.41, 5.74) is 1.90. The Labute approximate surface area is 134 Å². The van der Waals surface area contributed by atoms with Gasteiger partial charge < -0.3 is 10.4 Å². The molecular formula is C17H19N3O3. The van der Waals surface area contributed by atoms with Gasteiger partial charge in [0, 0.05) is 24.7 Å². The van der Waals surface area contributed by atoms with Crippen LogP contribution in [-0.2, 0) is 4.79 Å². The van der Waals surface area contributed by atoms with Crippen LogP contribution in [0.3, 0.4) is 0 Å². The van der Waals surface area contributed by atoms with Crippen molar-refractivity contribution in [2.75, 3.05) is 6.54 Å². The van der Waals surface area contributed by atoms with Gasteiger partial charge in [0.15, 0.2) is 0 Å². The second-order valence-corrected chi connectivity index (χ2v) is 5.11. The lowest BCUT2D eigenvalue weighted by atomic mass is 10.1. The molecule has 0 bridgehead atoms. The molecule has 6 heteroatoms. The van der Waals surface area contributed by atoms with E-state index in [1.54, 1.807) is 0 Å². The minimum Gasteiger partial charge on any atom is -0.481 e. The van der Waals surface area contributed by atoms with E-state index in [-0.39, 0.29) is 12.3 Å². The van der Waals surface area contributed by atoms with Crippen LogP contribution in [0.4, 0.5) is 0 Å². The van der Waals surface area contributed by atoms with Gasteiger partial charge in [-0.25, -0.2) is 9.97 Å². The number of amides is 1. The monoisotopic (exact) mass is 313 g/mol. The Morgan fingerprint density at radius 3 is 2.61 bits per heavy atom. The smallest absolute Gasteiger partial charge is 0.303 e. The summed E-state index contributed by atoms with van der Waals surface area (Å²) in [4.78, 5) is 30.9. The largest absolute Gasteiger partial charge is 0.481 e. The predicted molar refractivity (Wildman–Crippen MR) is 85.9 cm³/mol. The van der Waals surface area contributed by atoms with Gasteiger partial charge in [-0.05, 0) is 12.8 Å². The van der Waals surface area contributed by atoms with Crippen LogP contribution in [-0.4, -0.2) is 33.5 Å². The highest BCUT2D eigenvalue weighted by Crippen LogP contribution is 2.19. The zero-order chi connectivity index (χ0) is 16.5. The van der Waals surface area contributed by atoms with E-state index in [1.807, 2.05) is 30.3 Å². The average Bonchev–Trinajstić information content (AvgIpc) is 2.58. The van der Waals surface area contributed by atoms with Crippen LogP contribution in [0.2, 0.25) is 0 Å². The summed E-state index contributed by atoms with van der Waals surface area (Å²) in [6, 6.07) is 9.47. The normalized spacial score (nSPS) is 10.3. The summed E-state index contributed by atoms with van der Waals surface area (Å²) in [5.74, 6) is -1.01. The van der Waals surface area contributed by atoms with Crippen molar-refractivity contribution in [3.63, 3.8) is 0 Å². The number of hydrogen-bond donors (Lipinski definition) is 2. The van der Waals surface area contributed by atoms with Crippen LogP contribution in [0, 0.1) is 0 Å². The first-order valence-corrected chi connectivity index (χ1v) is 7.54. The number of benzene rings is 1. The van der Waals surface area contributed by atoms with Gasteiger partial charge in [-0.3, -0.25) is 9.59 Å². The molecule has 1 amide bonds. The number of rotatable bonds is 8. The molecule has 0 unspecified atom stereocenters. The highest BCUT2D eigenvalue weighted by Gasteiger charge is 2.13. The summed E-state index contributed by atoms with van der Waals surface area (Å²) < 4.78 is 0. The molecule has 0 aliphatic heterocycles. The molecule has 2 aromatic rings. The van der Waals surface area contributed by atoms with Crippen LogP contribution in [0.1, 0.15) is 36.0 Å². The fourth-order valence-corrected chi connectivity index (χ4v) is 2.20. The number of carbonyl (C=O) groups excluding carboxylic acids is 1. The fraction of sp³-hybridized carbons (Fsp3) is 0.294. The molecule has 1 aromatic heterocycles. The number of carboxylic acids is 1. The van der Waals surface area contributed by atoms with Gasteiger partial charge in [0.2, 0.25) is 0 Å². The van der Waals surface area contributed by atoms with Gasteiger partial charge in [-0.2, -0.15) is 0 Å². The van der Waals surface area contributed by atoms with E-state index in [0.717, 1.165) is 18.4 Å². The lowest BCUT2D eigenvalue weighted by Crippen LogP contribution is -2.25. The first-order chi connectivity index (χ1) is 11.2. The third-order valence-electron chi connectivity index (χ3n) is 3.36. The highest BCUT2D eigenvalue weighted by molar-refractivity contribution is 5.99. The number of nitrogens with zero attached hydrogens (tertiary/aromatic N) is 2. The van der Waals surface area contributed by atoms with E-state index in [4.69, 9.17) is 5.11 Å². The number of unbranched alkanes of at least 4 members (excludes halogenated alkanes) is 2. The summed E-state index contributed by atoms with van der Waals surface area (Å²) in [7, 11) is 0. The first-order valence-electron chi connectivity index (χ1n) is 7.54. The minimum absolute atomic E-state index is 0.165. The van der Waals surface area contributed by atoms with Crippen molar-refractivity contribution < 1.29 is 14.7 Å². The number of aliphatic carboxylic acids is 1. The lowest BCUT2D eigenvalue weighted by Gasteiger charge is -2.09. The molecule has 2 N–H and O–H groups in total. The zero-order valence-electron chi connectivity index (χ0n) is 12.7. The van der Waals surface area contributed by atoms with E-state index in [1.165, 1.54) is 12.5 Å². The Morgan fingerprint density at radius 1 is 1.09 bits per heavy atom. The van der Waals surface area contributed by atoms with Crippen LogP contribution in [0.25, 0.3) is 11.3 Å². The van der Waals surface area contributed by atoms with Crippen LogP contribution in [0.15, 0.2) is 42.9 Å². The fourth-order valence-electron chi connectivity index (χ4n) is 2.20. The van der Waals surface area contributed by atoms with Crippen molar-refractivity contribution in [1.82, 2.24) is 15.3 Å². The topological polar surface area (TPSA) is 92.2 Å². The number of aromatic nitrogens is 2. The molecule has 1 aromatic carbocycles. The van der Waals surface area contributed by atoms with Gasteiger partial charge in [0.05, 0.1) is 11.3 Å². The molecule has 0 aliphatic carbocycles. The number of nitrogens with one attached hydrogen (secondary N) is 1. The summed E-state index contributed by atoms with van der Waals surface area (Å²) >= 11 is 0. The molecule has 0 aliphatic rings. The van der Waals surface area contributed by atoms with E-state index < -0.39 is 5.97 Å². The van der Waals surface area contributed by atoms with Gasteiger partial charge in [-0.1, -0.05) is 36.8 Å². The Hall–Kier alpha value is -2.76. The Balaban J connectivity index is 1.92. The summed E-state index contributed by atoms with van der Waals surface area (Å²) in [5, 5.41) is 11.4. The molecule has 6 nitrogen and oxygen atoms in total. The second kappa shape index (κ2) is 8.63.